The molecule has 1 aromatic carbocycles. The molecular weight excluding hydrogens is 336 g/mol. The molecule has 2 heterocycles. The van der Waals surface area contributed by atoms with Crippen molar-refractivity contribution in [3.05, 3.63) is 35.7 Å². The number of aromatic nitrogens is 1. The third kappa shape index (κ3) is 4.14. The van der Waals surface area contributed by atoms with Crippen molar-refractivity contribution in [1.82, 2.24) is 10.1 Å². The fourth-order valence-electron chi connectivity index (χ4n) is 2.94. The summed E-state index contributed by atoms with van der Waals surface area (Å²) < 4.78 is 10.3. The minimum atomic E-state index is -0.195. The van der Waals surface area contributed by atoms with Crippen molar-refractivity contribution in [3.63, 3.8) is 0 Å². The van der Waals surface area contributed by atoms with Crippen LogP contribution in [-0.4, -0.2) is 55.7 Å². The molecule has 1 saturated heterocycles. The zero-order chi connectivity index (χ0) is 18.5. The van der Waals surface area contributed by atoms with Crippen molar-refractivity contribution < 1.29 is 18.8 Å². The highest BCUT2D eigenvalue weighted by Crippen LogP contribution is 2.30. The predicted octanol–water partition coefficient (Wildman–Crippen LogP) is 1.45. The highest BCUT2D eigenvalue weighted by Gasteiger charge is 2.18. The minimum absolute atomic E-state index is 0.128. The van der Waals surface area contributed by atoms with E-state index in [1.54, 1.807) is 25.0 Å². The third-order valence-corrected chi connectivity index (χ3v) is 4.30. The number of amides is 2. The van der Waals surface area contributed by atoms with Crippen LogP contribution < -0.4 is 15.0 Å². The first kappa shape index (κ1) is 17.8. The number of aryl methyl sites for hydroxylation is 1. The second-order valence-electron chi connectivity index (χ2n) is 6.17. The first-order chi connectivity index (χ1) is 12.6. The molecule has 1 N–H and O–H groups in total. The van der Waals surface area contributed by atoms with E-state index in [0.717, 1.165) is 25.2 Å². The van der Waals surface area contributed by atoms with Crippen LogP contribution in [-0.2, 0) is 16.0 Å². The molecular formula is C18H22N4O4. The zero-order valence-electron chi connectivity index (χ0n) is 14.9. The van der Waals surface area contributed by atoms with Crippen LogP contribution in [0.4, 0.5) is 11.4 Å². The molecule has 26 heavy (non-hydrogen) atoms. The van der Waals surface area contributed by atoms with Crippen LogP contribution in [0, 0.1) is 6.92 Å². The zero-order valence-corrected chi connectivity index (χ0v) is 14.9. The van der Waals surface area contributed by atoms with Gasteiger partial charge in [0.1, 0.15) is 11.5 Å². The highest BCUT2D eigenvalue weighted by molar-refractivity contribution is 5.94. The van der Waals surface area contributed by atoms with Crippen molar-refractivity contribution in [2.24, 2.45) is 0 Å². The molecule has 1 aliphatic rings. The predicted molar refractivity (Wildman–Crippen MR) is 96.4 cm³/mol. The van der Waals surface area contributed by atoms with E-state index < -0.39 is 0 Å². The minimum Gasteiger partial charge on any atom is -0.495 e. The molecule has 1 aromatic heterocycles. The Labute approximate surface area is 151 Å². The fraction of sp³-hybridized carbons (Fsp3) is 0.389. The van der Waals surface area contributed by atoms with Crippen LogP contribution in [0.5, 0.6) is 5.75 Å². The van der Waals surface area contributed by atoms with E-state index >= 15 is 0 Å². The summed E-state index contributed by atoms with van der Waals surface area (Å²) in [5.74, 6) is 1.06. The largest absolute Gasteiger partial charge is 0.495 e. The quantitative estimate of drug-likeness (QED) is 0.787. The van der Waals surface area contributed by atoms with E-state index in [-0.39, 0.29) is 12.3 Å². The van der Waals surface area contributed by atoms with E-state index in [1.807, 2.05) is 18.2 Å². The van der Waals surface area contributed by atoms with Crippen molar-refractivity contribution in [3.8, 4) is 5.75 Å². The van der Waals surface area contributed by atoms with E-state index in [2.05, 4.69) is 15.4 Å². The Kier molecular flexibility index (Phi) is 5.40. The van der Waals surface area contributed by atoms with Crippen LogP contribution in [0.25, 0.3) is 0 Å². The van der Waals surface area contributed by atoms with E-state index in [4.69, 9.17) is 9.26 Å². The van der Waals surface area contributed by atoms with Crippen LogP contribution in [0.2, 0.25) is 0 Å². The monoisotopic (exact) mass is 358 g/mol. The fourth-order valence-corrected chi connectivity index (χ4v) is 2.94. The first-order valence-corrected chi connectivity index (χ1v) is 8.43. The number of carbonyl (C=O) groups is 2. The van der Waals surface area contributed by atoms with Gasteiger partial charge in [-0.3, -0.25) is 9.59 Å². The smallest absolute Gasteiger partial charge is 0.230 e. The van der Waals surface area contributed by atoms with Gasteiger partial charge >= 0.3 is 0 Å². The van der Waals surface area contributed by atoms with Crippen molar-refractivity contribution in [1.29, 1.82) is 0 Å². The summed E-state index contributed by atoms with van der Waals surface area (Å²) in [7, 11) is 1.56. The van der Waals surface area contributed by atoms with Gasteiger partial charge in [0, 0.05) is 37.9 Å². The topological polar surface area (TPSA) is 87.9 Å². The number of hydrogen-bond acceptors (Lipinski definition) is 6. The van der Waals surface area contributed by atoms with E-state index in [0.29, 0.717) is 36.0 Å². The molecule has 1 fully saturated rings. The van der Waals surface area contributed by atoms with E-state index in [9.17, 15) is 9.59 Å². The summed E-state index contributed by atoms with van der Waals surface area (Å²) in [4.78, 5) is 27.1. The summed E-state index contributed by atoms with van der Waals surface area (Å²) >= 11 is 0. The summed E-state index contributed by atoms with van der Waals surface area (Å²) in [6.07, 6.45) is 1.01. The average Bonchev–Trinajstić information content (AvgIpc) is 3.06. The van der Waals surface area contributed by atoms with Gasteiger partial charge in [0.05, 0.1) is 24.9 Å². The number of benzene rings is 1. The standard InChI is InChI=1S/C18H22N4O4/c1-13-9-14(20-26-13)10-18(24)19-16-11-15(3-4-17(16)25-2)22-7-5-21(12-23)6-8-22/h3-4,9,11-12H,5-8,10H2,1-2H3,(H,19,24). The lowest BCUT2D eigenvalue weighted by Gasteiger charge is -2.34. The number of piperazine rings is 1. The average molecular weight is 358 g/mol. The van der Waals surface area contributed by atoms with Gasteiger partial charge in [0.2, 0.25) is 12.3 Å². The van der Waals surface area contributed by atoms with Gasteiger partial charge in [0.15, 0.2) is 0 Å². The number of nitrogens with one attached hydrogen (secondary N) is 1. The Balaban J connectivity index is 1.71. The molecule has 2 amide bonds. The highest BCUT2D eigenvalue weighted by atomic mass is 16.5. The van der Waals surface area contributed by atoms with Crippen molar-refractivity contribution >= 4 is 23.7 Å². The Bertz CT molecular complexity index is 781. The van der Waals surface area contributed by atoms with E-state index in [1.165, 1.54) is 0 Å². The molecule has 0 radical (unpaired) electrons. The second kappa shape index (κ2) is 7.90. The Hall–Kier alpha value is -3.03. The first-order valence-electron chi connectivity index (χ1n) is 8.43. The molecule has 0 atom stereocenters. The SMILES string of the molecule is COc1ccc(N2CCN(C=O)CC2)cc1NC(=O)Cc1cc(C)on1. The number of ether oxygens (including phenoxy) is 1. The van der Waals surface area contributed by atoms with Crippen LogP contribution in [0.15, 0.2) is 28.8 Å². The van der Waals surface area contributed by atoms with Crippen LogP contribution >= 0.6 is 0 Å². The number of rotatable bonds is 6. The lowest BCUT2D eigenvalue weighted by Crippen LogP contribution is -2.45. The number of hydrogen-bond donors (Lipinski definition) is 1. The molecule has 0 bridgehead atoms. The van der Waals surface area contributed by atoms with Gasteiger partial charge in [-0.25, -0.2) is 0 Å². The molecule has 0 aliphatic carbocycles. The Morgan fingerprint density at radius 2 is 2.08 bits per heavy atom. The maximum absolute atomic E-state index is 12.3. The molecule has 138 valence electrons. The van der Waals surface area contributed by atoms with Crippen LogP contribution in [0.3, 0.4) is 0 Å². The molecule has 0 spiro atoms. The van der Waals surface area contributed by atoms with Gasteiger partial charge in [-0.05, 0) is 25.1 Å². The molecule has 0 saturated carbocycles. The van der Waals surface area contributed by atoms with Crippen molar-refractivity contribution in [2.45, 2.75) is 13.3 Å². The lowest BCUT2D eigenvalue weighted by molar-refractivity contribution is -0.118. The number of nitrogens with zero attached hydrogens (tertiary/aromatic N) is 3. The van der Waals surface area contributed by atoms with Gasteiger partial charge in [-0.1, -0.05) is 5.16 Å². The Morgan fingerprint density at radius 1 is 1.31 bits per heavy atom. The second-order valence-corrected chi connectivity index (χ2v) is 6.17. The number of carbonyl (C=O) groups excluding carboxylic acids is 2. The van der Waals surface area contributed by atoms with Gasteiger partial charge in [0.25, 0.3) is 0 Å². The van der Waals surface area contributed by atoms with Gasteiger partial charge in [-0.15, -0.1) is 0 Å². The van der Waals surface area contributed by atoms with Gasteiger partial charge in [-0.2, -0.15) is 0 Å². The molecule has 3 rings (SSSR count). The summed E-state index contributed by atoms with van der Waals surface area (Å²) in [6, 6.07) is 7.41. The molecule has 8 nitrogen and oxygen atoms in total. The number of methoxy groups -OCH3 is 1. The number of anilines is 2. The maximum atomic E-state index is 12.3. The normalized spacial score (nSPS) is 14.2. The summed E-state index contributed by atoms with van der Waals surface area (Å²) in [6.45, 7) is 4.64. The van der Waals surface area contributed by atoms with Gasteiger partial charge < -0.3 is 24.4 Å². The maximum Gasteiger partial charge on any atom is 0.230 e. The summed E-state index contributed by atoms with van der Waals surface area (Å²) in [5, 5.41) is 6.72. The van der Waals surface area contributed by atoms with Crippen molar-refractivity contribution in [2.75, 3.05) is 43.5 Å². The molecule has 0 unspecified atom stereocenters. The van der Waals surface area contributed by atoms with Crippen LogP contribution in [0.1, 0.15) is 11.5 Å². The summed E-state index contributed by atoms with van der Waals surface area (Å²) in [5.41, 5.74) is 2.16. The molecule has 8 heteroatoms. The Morgan fingerprint density at radius 3 is 2.69 bits per heavy atom. The molecule has 2 aromatic rings. The molecule has 1 aliphatic heterocycles. The lowest BCUT2D eigenvalue weighted by atomic mass is 10.2. The third-order valence-electron chi connectivity index (χ3n) is 4.30.